The summed E-state index contributed by atoms with van der Waals surface area (Å²) in [6.45, 7) is 0.223. The SMILES string of the molecule is O=S(=O)(OC1CCCONC1)C(F)(F)F. The second-order valence-electron chi connectivity index (χ2n) is 2.96. The zero-order valence-corrected chi connectivity index (χ0v) is 8.40. The van der Waals surface area contributed by atoms with E-state index in [0.717, 1.165) is 0 Å². The van der Waals surface area contributed by atoms with E-state index in [1.165, 1.54) is 0 Å². The minimum Gasteiger partial charge on any atom is -0.302 e. The molecular formula is C6H10F3NO4S. The highest BCUT2D eigenvalue weighted by Gasteiger charge is 2.48. The Morgan fingerprint density at radius 1 is 1.40 bits per heavy atom. The van der Waals surface area contributed by atoms with Crippen LogP contribution in [0.4, 0.5) is 13.2 Å². The molecule has 0 aromatic carbocycles. The molecule has 1 aliphatic rings. The highest BCUT2D eigenvalue weighted by Crippen LogP contribution is 2.26. The Bertz CT molecular complexity index is 294. The molecule has 1 rings (SSSR count). The second kappa shape index (κ2) is 4.64. The highest BCUT2D eigenvalue weighted by molar-refractivity contribution is 7.87. The predicted molar refractivity (Wildman–Crippen MR) is 43.0 cm³/mol. The monoisotopic (exact) mass is 249 g/mol. The van der Waals surface area contributed by atoms with Crippen molar-refractivity contribution in [3.05, 3.63) is 0 Å². The molecule has 0 spiro atoms. The first-order valence-electron chi connectivity index (χ1n) is 4.17. The summed E-state index contributed by atoms with van der Waals surface area (Å²) in [4.78, 5) is 4.72. The molecule has 1 aliphatic heterocycles. The summed E-state index contributed by atoms with van der Waals surface area (Å²) in [5.74, 6) is 0. The van der Waals surface area contributed by atoms with Crippen LogP contribution in [0.25, 0.3) is 0 Å². The lowest BCUT2D eigenvalue weighted by atomic mass is 10.2. The van der Waals surface area contributed by atoms with Crippen LogP contribution in [0, 0.1) is 0 Å². The first kappa shape index (κ1) is 12.7. The molecule has 9 heteroatoms. The molecule has 0 amide bonds. The molecule has 0 radical (unpaired) electrons. The molecule has 1 fully saturated rings. The van der Waals surface area contributed by atoms with Crippen molar-refractivity contribution in [2.24, 2.45) is 0 Å². The van der Waals surface area contributed by atoms with Gasteiger partial charge in [0.25, 0.3) is 0 Å². The van der Waals surface area contributed by atoms with Gasteiger partial charge in [0.1, 0.15) is 0 Å². The lowest BCUT2D eigenvalue weighted by molar-refractivity contribution is -0.0581. The van der Waals surface area contributed by atoms with Crippen molar-refractivity contribution in [1.82, 2.24) is 5.48 Å². The lowest BCUT2D eigenvalue weighted by Crippen LogP contribution is -2.34. The van der Waals surface area contributed by atoms with Crippen LogP contribution in [0.2, 0.25) is 0 Å². The first-order valence-corrected chi connectivity index (χ1v) is 5.58. The van der Waals surface area contributed by atoms with Gasteiger partial charge >= 0.3 is 15.6 Å². The van der Waals surface area contributed by atoms with Crippen LogP contribution in [0.3, 0.4) is 0 Å². The fourth-order valence-electron chi connectivity index (χ4n) is 1.03. The molecule has 0 bridgehead atoms. The summed E-state index contributed by atoms with van der Waals surface area (Å²) >= 11 is 0. The van der Waals surface area contributed by atoms with Gasteiger partial charge in [-0.2, -0.15) is 27.1 Å². The zero-order chi connectivity index (χ0) is 11.5. The summed E-state index contributed by atoms with van der Waals surface area (Å²) in [5.41, 5.74) is -3.06. The Morgan fingerprint density at radius 2 is 2.07 bits per heavy atom. The van der Waals surface area contributed by atoms with Crippen molar-refractivity contribution in [1.29, 1.82) is 0 Å². The average Bonchev–Trinajstić information content (AvgIpc) is 2.30. The maximum Gasteiger partial charge on any atom is 0.523 e. The third kappa shape index (κ3) is 3.59. The van der Waals surface area contributed by atoms with Crippen molar-refractivity contribution < 1.29 is 30.6 Å². The van der Waals surface area contributed by atoms with Crippen LogP contribution < -0.4 is 5.48 Å². The maximum absolute atomic E-state index is 11.9. The summed E-state index contributed by atoms with van der Waals surface area (Å²) in [6, 6.07) is 0. The van der Waals surface area contributed by atoms with E-state index in [2.05, 4.69) is 9.66 Å². The van der Waals surface area contributed by atoms with Gasteiger partial charge in [0, 0.05) is 6.54 Å². The number of hydrogen-bond donors (Lipinski definition) is 1. The van der Waals surface area contributed by atoms with Gasteiger partial charge in [-0.3, -0.25) is 4.18 Å². The summed E-state index contributed by atoms with van der Waals surface area (Å²) in [5, 5.41) is 0. The number of nitrogens with one attached hydrogen (secondary N) is 1. The van der Waals surface area contributed by atoms with Gasteiger partial charge in [0.2, 0.25) is 0 Å². The molecule has 1 heterocycles. The Hall–Kier alpha value is -0.380. The highest BCUT2D eigenvalue weighted by atomic mass is 32.2. The van der Waals surface area contributed by atoms with Crippen molar-refractivity contribution in [2.45, 2.75) is 24.5 Å². The summed E-state index contributed by atoms with van der Waals surface area (Å²) in [6.07, 6.45) is -0.410. The minimum absolute atomic E-state index is 0.0880. The fourth-order valence-corrected chi connectivity index (χ4v) is 1.66. The van der Waals surface area contributed by atoms with Crippen LogP contribution in [0.15, 0.2) is 0 Å². The number of hydrogen-bond acceptors (Lipinski definition) is 5. The number of hydroxylamine groups is 1. The molecule has 15 heavy (non-hydrogen) atoms. The molecule has 1 unspecified atom stereocenters. The normalized spacial score (nSPS) is 24.9. The van der Waals surface area contributed by atoms with E-state index < -0.39 is 21.7 Å². The molecule has 0 aromatic rings. The molecule has 1 N–H and O–H groups in total. The van der Waals surface area contributed by atoms with E-state index in [1.54, 1.807) is 0 Å². The fraction of sp³-hybridized carbons (Fsp3) is 1.00. The minimum atomic E-state index is -5.51. The number of rotatable bonds is 2. The Labute approximate surface area is 84.6 Å². The van der Waals surface area contributed by atoms with Crippen molar-refractivity contribution >= 4 is 10.1 Å². The third-order valence-corrected chi connectivity index (χ3v) is 2.82. The van der Waals surface area contributed by atoms with Gasteiger partial charge in [0.15, 0.2) is 0 Å². The Kier molecular flexibility index (Phi) is 3.93. The van der Waals surface area contributed by atoms with Crippen molar-refractivity contribution in [3.63, 3.8) is 0 Å². The average molecular weight is 249 g/mol. The lowest BCUT2D eigenvalue weighted by Gasteiger charge is -2.15. The molecule has 5 nitrogen and oxygen atoms in total. The third-order valence-electron chi connectivity index (χ3n) is 1.73. The standard InChI is InChI=1S/C6H10F3NO4S/c7-6(8,9)15(11,12)14-5-2-1-3-13-10-4-5/h5,10H,1-4H2. The van der Waals surface area contributed by atoms with Crippen LogP contribution in [0.5, 0.6) is 0 Å². The van der Waals surface area contributed by atoms with Crippen molar-refractivity contribution in [2.75, 3.05) is 13.2 Å². The quantitative estimate of drug-likeness (QED) is 0.571. The topological polar surface area (TPSA) is 64.6 Å². The molecule has 1 atom stereocenters. The Morgan fingerprint density at radius 3 is 2.67 bits per heavy atom. The van der Waals surface area contributed by atoms with E-state index >= 15 is 0 Å². The van der Waals surface area contributed by atoms with E-state index in [-0.39, 0.29) is 13.0 Å². The largest absolute Gasteiger partial charge is 0.523 e. The summed E-state index contributed by atoms with van der Waals surface area (Å²) < 4.78 is 61.0. The van der Waals surface area contributed by atoms with Gasteiger partial charge in [-0.1, -0.05) is 0 Å². The smallest absolute Gasteiger partial charge is 0.302 e. The van der Waals surface area contributed by atoms with E-state index in [1.807, 2.05) is 0 Å². The van der Waals surface area contributed by atoms with Crippen LogP contribution in [-0.2, 0) is 19.1 Å². The van der Waals surface area contributed by atoms with Gasteiger partial charge < -0.3 is 4.84 Å². The summed E-state index contributed by atoms with van der Waals surface area (Å²) in [7, 11) is -5.51. The van der Waals surface area contributed by atoms with Crippen LogP contribution in [-0.4, -0.2) is 33.2 Å². The molecule has 90 valence electrons. The maximum atomic E-state index is 11.9. The van der Waals surface area contributed by atoms with E-state index in [4.69, 9.17) is 4.84 Å². The van der Waals surface area contributed by atoms with Gasteiger partial charge in [0.05, 0.1) is 12.7 Å². The first-order chi connectivity index (χ1) is 6.83. The zero-order valence-electron chi connectivity index (χ0n) is 7.58. The molecular weight excluding hydrogens is 239 g/mol. The van der Waals surface area contributed by atoms with Crippen LogP contribution in [0.1, 0.15) is 12.8 Å². The molecule has 1 saturated heterocycles. The second-order valence-corrected chi connectivity index (χ2v) is 4.52. The van der Waals surface area contributed by atoms with Crippen LogP contribution >= 0.6 is 0 Å². The van der Waals surface area contributed by atoms with E-state index in [9.17, 15) is 21.6 Å². The molecule has 0 aliphatic carbocycles. The number of alkyl halides is 3. The van der Waals surface area contributed by atoms with Gasteiger partial charge in [-0.15, -0.1) is 0 Å². The van der Waals surface area contributed by atoms with Crippen molar-refractivity contribution in [3.8, 4) is 0 Å². The Balaban J connectivity index is 2.60. The molecule has 0 aromatic heterocycles. The number of halogens is 3. The molecule has 0 saturated carbocycles. The van der Waals surface area contributed by atoms with Gasteiger partial charge in [-0.05, 0) is 12.8 Å². The predicted octanol–water partition coefficient (Wildman–Crippen LogP) is 0.536. The van der Waals surface area contributed by atoms with E-state index in [0.29, 0.717) is 13.0 Å². The van der Waals surface area contributed by atoms with Gasteiger partial charge in [-0.25, -0.2) is 0 Å².